The Labute approximate surface area is 124 Å². The summed E-state index contributed by atoms with van der Waals surface area (Å²) in [7, 11) is 1.49. The number of nitrogens with zero attached hydrogens (tertiary/aromatic N) is 4. The van der Waals surface area contributed by atoms with Gasteiger partial charge in [-0.2, -0.15) is 4.98 Å². The number of hydrogen-bond donors (Lipinski definition) is 0. The number of aromatic nitrogens is 3. The van der Waals surface area contributed by atoms with Gasteiger partial charge in [-0.1, -0.05) is 5.16 Å². The zero-order valence-corrected chi connectivity index (χ0v) is 12.0. The van der Waals surface area contributed by atoms with Crippen LogP contribution in [0.2, 0.25) is 0 Å². The third-order valence-corrected chi connectivity index (χ3v) is 2.79. The topological polar surface area (TPSA) is 81.4 Å². The maximum Gasteiger partial charge on any atom is 0.275 e. The highest BCUT2D eigenvalue weighted by Gasteiger charge is 2.22. The van der Waals surface area contributed by atoms with E-state index in [1.807, 2.05) is 0 Å². The van der Waals surface area contributed by atoms with E-state index in [9.17, 15) is 13.6 Å². The number of hydrogen-bond acceptors (Lipinski definition) is 6. The predicted octanol–water partition coefficient (Wildman–Crippen LogP) is 1.55. The van der Waals surface area contributed by atoms with Crippen molar-refractivity contribution in [3.05, 3.63) is 41.3 Å². The molecule has 0 N–H and O–H groups in total. The summed E-state index contributed by atoms with van der Waals surface area (Å²) in [5, 5.41) is 3.67. The zero-order chi connectivity index (χ0) is 16.1. The first-order valence-electron chi connectivity index (χ1n) is 6.45. The SMILES string of the molecule is CCN(Cc1nc(COC)no1)C(=O)c1ncc(F)cc1F. The lowest BCUT2D eigenvalue weighted by Gasteiger charge is -2.18. The van der Waals surface area contributed by atoms with Gasteiger partial charge in [-0.15, -0.1) is 0 Å². The fraction of sp³-hybridized carbons (Fsp3) is 0.385. The third kappa shape index (κ3) is 3.61. The summed E-state index contributed by atoms with van der Waals surface area (Å²) in [6, 6.07) is 0.609. The van der Waals surface area contributed by atoms with E-state index in [-0.39, 0.29) is 25.6 Å². The molecular formula is C13H14F2N4O3. The van der Waals surface area contributed by atoms with Crippen LogP contribution in [0, 0.1) is 11.6 Å². The van der Waals surface area contributed by atoms with Crippen LogP contribution in [0.3, 0.4) is 0 Å². The number of carbonyl (C=O) groups excluding carboxylic acids is 1. The lowest BCUT2D eigenvalue weighted by atomic mass is 10.3. The minimum atomic E-state index is -1.02. The fourth-order valence-electron chi connectivity index (χ4n) is 1.75. The first-order chi connectivity index (χ1) is 10.5. The van der Waals surface area contributed by atoms with Crippen molar-refractivity contribution in [2.45, 2.75) is 20.1 Å². The molecule has 0 unspecified atom stereocenters. The Morgan fingerprint density at radius 3 is 2.86 bits per heavy atom. The van der Waals surface area contributed by atoms with Gasteiger partial charge >= 0.3 is 0 Å². The second-order valence-electron chi connectivity index (χ2n) is 4.34. The summed E-state index contributed by atoms with van der Waals surface area (Å²) in [5.41, 5.74) is -0.458. The quantitative estimate of drug-likeness (QED) is 0.805. The van der Waals surface area contributed by atoms with Gasteiger partial charge in [0.2, 0.25) is 5.89 Å². The van der Waals surface area contributed by atoms with Crippen LogP contribution >= 0.6 is 0 Å². The number of halogens is 2. The van der Waals surface area contributed by atoms with Crippen LogP contribution in [-0.4, -0.2) is 39.6 Å². The van der Waals surface area contributed by atoms with E-state index in [0.717, 1.165) is 6.20 Å². The van der Waals surface area contributed by atoms with Gasteiger partial charge in [-0.05, 0) is 6.92 Å². The van der Waals surface area contributed by atoms with Crippen molar-refractivity contribution in [2.24, 2.45) is 0 Å². The van der Waals surface area contributed by atoms with E-state index in [1.165, 1.54) is 12.0 Å². The molecule has 0 bridgehead atoms. The number of carbonyl (C=O) groups is 1. The lowest BCUT2D eigenvalue weighted by molar-refractivity contribution is 0.0723. The Hall–Kier alpha value is -2.42. The molecule has 0 spiro atoms. The van der Waals surface area contributed by atoms with E-state index in [4.69, 9.17) is 9.26 Å². The molecule has 0 aliphatic carbocycles. The standard InChI is InChI=1S/C13H14F2N4O3/c1-3-19(6-11-17-10(7-21-2)18-22-11)13(20)12-9(15)4-8(14)5-16-12/h4-5H,3,6-7H2,1-2H3. The normalized spacial score (nSPS) is 10.7. The average Bonchev–Trinajstić information content (AvgIpc) is 2.92. The van der Waals surface area contributed by atoms with Crippen molar-refractivity contribution < 1.29 is 22.8 Å². The third-order valence-electron chi connectivity index (χ3n) is 2.79. The zero-order valence-electron chi connectivity index (χ0n) is 12.0. The molecule has 0 fully saturated rings. The van der Waals surface area contributed by atoms with Crippen LogP contribution in [-0.2, 0) is 17.9 Å². The van der Waals surface area contributed by atoms with Crippen LogP contribution in [0.5, 0.6) is 0 Å². The predicted molar refractivity (Wildman–Crippen MR) is 69.6 cm³/mol. The first kappa shape index (κ1) is 16.0. The van der Waals surface area contributed by atoms with Gasteiger partial charge in [-0.3, -0.25) is 4.79 Å². The summed E-state index contributed by atoms with van der Waals surface area (Å²) in [5.74, 6) is -2.03. The molecule has 2 heterocycles. The van der Waals surface area contributed by atoms with Gasteiger partial charge in [0.15, 0.2) is 17.3 Å². The highest BCUT2D eigenvalue weighted by molar-refractivity contribution is 5.92. The minimum Gasteiger partial charge on any atom is -0.377 e. The molecule has 0 saturated carbocycles. The number of pyridine rings is 1. The largest absolute Gasteiger partial charge is 0.377 e. The van der Waals surface area contributed by atoms with Crippen molar-refractivity contribution in [2.75, 3.05) is 13.7 Å². The Morgan fingerprint density at radius 1 is 1.45 bits per heavy atom. The van der Waals surface area contributed by atoms with E-state index in [0.29, 0.717) is 11.9 Å². The van der Waals surface area contributed by atoms with Gasteiger partial charge in [0.05, 0.1) is 6.20 Å². The summed E-state index contributed by atoms with van der Waals surface area (Å²) < 4.78 is 36.3. The van der Waals surface area contributed by atoms with Gasteiger partial charge in [-0.25, -0.2) is 13.8 Å². The van der Waals surface area contributed by atoms with E-state index in [1.54, 1.807) is 6.92 Å². The summed E-state index contributed by atoms with van der Waals surface area (Å²) in [4.78, 5) is 21.0. The monoisotopic (exact) mass is 312 g/mol. The van der Waals surface area contributed by atoms with Crippen LogP contribution in [0.4, 0.5) is 8.78 Å². The van der Waals surface area contributed by atoms with Crippen molar-refractivity contribution in [3.8, 4) is 0 Å². The molecule has 2 aromatic rings. The van der Waals surface area contributed by atoms with Crippen molar-refractivity contribution >= 4 is 5.91 Å². The highest BCUT2D eigenvalue weighted by atomic mass is 19.1. The molecular weight excluding hydrogens is 298 g/mol. The van der Waals surface area contributed by atoms with Crippen LogP contribution < -0.4 is 0 Å². The van der Waals surface area contributed by atoms with E-state index >= 15 is 0 Å². The molecule has 22 heavy (non-hydrogen) atoms. The number of ether oxygens (including phenoxy) is 1. The van der Waals surface area contributed by atoms with E-state index < -0.39 is 23.2 Å². The summed E-state index contributed by atoms with van der Waals surface area (Å²) >= 11 is 0. The molecule has 0 aromatic carbocycles. The summed E-state index contributed by atoms with van der Waals surface area (Å²) in [6.45, 7) is 2.13. The minimum absolute atomic E-state index is 0.00938. The van der Waals surface area contributed by atoms with Crippen molar-refractivity contribution in [3.63, 3.8) is 0 Å². The molecule has 0 aliphatic rings. The number of rotatable bonds is 6. The number of amides is 1. The van der Waals surface area contributed by atoms with Crippen LogP contribution in [0.1, 0.15) is 29.1 Å². The summed E-state index contributed by atoms with van der Waals surface area (Å²) in [6.07, 6.45) is 0.785. The fourth-order valence-corrected chi connectivity index (χ4v) is 1.75. The average molecular weight is 312 g/mol. The Morgan fingerprint density at radius 2 is 2.23 bits per heavy atom. The Bertz CT molecular complexity index is 662. The Kier molecular flexibility index (Phi) is 5.10. The molecule has 9 heteroatoms. The lowest BCUT2D eigenvalue weighted by Crippen LogP contribution is -2.32. The maximum absolute atomic E-state index is 13.6. The molecule has 2 rings (SSSR count). The van der Waals surface area contributed by atoms with Gasteiger partial charge in [0, 0.05) is 19.7 Å². The maximum atomic E-state index is 13.6. The first-order valence-corrected chi connectivity index (χ1v) is 6.45. The number of methoxy groups -OCH3 is 1. The van der Waals surface area contributed by atoms with Crippen molar-refractivity contribution in [1.29, 1.82) is 0 Å². The van der Waals surface area contributed by atoms with Crippen molar-refractivity contribution in [1.82, 2.24) is 20.0 Å². The molecule has 7 nitrogen and oxygen atoms in total. The smallest absolute Gasteiger partial charge is 0.275 e. The highest BCUT2D eigenvalue weighted by Crippen LogP contribution is 2.12. The van der Waals surface area contributed by atoms with E-state index in [2.05, 4.69) is 15.1 Å². The van der Waals surface area contributed by atoms with Crippen LogP contribution in [0.25, 0.3) is 0 Å². The van der Waals surface area contributed by atoms with Crippen LogP contribution in [0.15, 0.2) is 16.8 Å². The molecule has 0 radical (unpaired) electrons. The Balaban J connectivity index is 2.14. The molecule has 0 saturated heterocycles. The second kappa shape index (κ2) is 7.03. The van der Waals surface area contributed by atoms with Gasteiger partial charge in [0.25, 0.3) is 5.91 Å². The molecule has 2 aromatic heterocycles. The molecule has 0 atom stereocenters. The molecule has 0 aliphatic heterocycles. The van der Waals surface area contributed by atoms with Gasteiger partial charge < -0.3 is 14.2 Å². The molecule has 118 valence electrons. The second-order valence-corrected chi connectivity index (χ2v) is 4.34. The van der Waals surface area contributed by atoms with Gasteiger partial charge in [0.1, 0.15) is 19.0 Å². The molecule has 1 amide bonds.